The number of hydrogen-bond acceptors (Lipinski definition) is 2. The van der Waals surface area contributed by atoms with E-state index >= 15 is 0 Å². The van der Waals surface area contributed by atoms with E-state index in [1.54, 1.807) is 12.1 Å². The largest absolute Gasteiger partial charge is 0.351 e. The van der Waals surface area contributed by atoms with Crippen molar-refractivity contribution in [3.63, 3.8) is 0 Å². The maximum absolute atomic E-state index is 13.5. The van der Waals surface area contributed by atoms with Gasteiger partial charge in [-0.05, 0) is 36.2 Å². The summed E-state index contributed by atoms with van der Waals surface area (Å²) < 4.78 is 29.8. The highest BCUT2D eigenvalue weighted by atomic mass is 19.1. The monoisotopic (exact) mass is 313 g/mol. The number of fused-ring (bicyclic) bond motifs is 1. The second-order valence-electron chi connectivity index (χ2n) is 5.57. The van der Waals surface area contributed by atoms with Crippen LogP contribution in [0.4, 0.5) is 8.78 Å². The van der Waals surface area contributed by atoms with E-state index in [0.29, 0.717) is 29.9 Å². The normalized spacial score (nSPS) is 16.5. The topological polar surface area (TPSA) is 39.8 Å². The Morgan fingerprint density at radius 1 is 1.04 bits per heavy atom. The van der Waals surface area contributed by atoms with Gasteiger partial charge >= 0.3 is 5.69 Å². The molecule has 1 atom stereocenters. The third-order valence-corrected chi connectivity index (χ3v) is 4.10. The summed E-state index contributed by atoms with van der Waals surface area (Å²) in [7, 11) is 0. The Morgan fingerprint density at radius 3 is 2.43 bits per heavy atom. The minimum atomic E-state index is -0.642. The van der Waals surface area contributed by atoms with Crippen LogP contribution < -0.4 is 5.69 Å². The van der Waals surface area contributed by atoms with Gasteiger partial charge in [0.2, 0.25) is 0 Å². The van der Waals surface area contributed by atoms with Gasteiger partial charge in [-0.2, -0.15) is 4.68 Å². The first-order valence-electron chi connectivity index (χ1n) is 7.35. The molecule has 1 aromatic heterocycles. The van der Waals surface area contributed by atoms with Gasteiger partial charge in [-0.15, -0.1) is 5.10 Å². The van der Waals surface area contributed by atoms with Gasteiger partial charge in [-0.1, -0.05) is 18.2 Å². The zero-order valence-corrected chi connectivity index (χ0v) is 12.1. The van der Waals surface area contributed by atoms with Crippen molar-refractivity contribution in [2.75, 3.05) is 0 Å². The molecule has 0 N–H and O–H groups in total. The molecule has 4 rings (SSSR count). The van der Waals surface area contributed by atoms with Gasteiger partial charge in [0.25, 0.3) is 0 Å². The maximum Gasteiger partial charge on any atom is 0.351 e. The minimum absolute atomic E-state index is 0.293. The van der Waals surface area contributed by atoms with Crippen LogP contribution in [0.5, 0.6) is 0 Å². The Hall–Kier alpha value is -2.76. The zero-order valence-electron chi connectivity index (χ0n) is 12.1. The second-order valence-corrected chi connectivity index (χ2v) is 5.57. The number of aryl methyl sites for hydroxylation is 1. The first kappa shape index (κ1) is 13.9. The fraction of sp³-hybridized carbons (Fsp3) is 0.176. The molecule has 2 aromatic carbocycles. The lowest BCUT2D eigenvalue weighted by molar-refractivity contribution is 0.550. The van der Waals surface area contributed by atoms with Crippen LogP contribution in [0.15, 0.2) is 53.3 Å². The van der Waals surface area contributed by atoms with Gasteiger partial charge in [-0.3, -0.25) is 4.57 Å². The van der Waals surface area contributed by atoms with Crippen molar-refractivity contribution >= 4 is 0 Å². The average Bonchev–Trinajstić information content (AvgIpc) is 3.08. The molecule has 3 aromatic rings. The van der Waals surface area contributed by atoms with E-state index in [4.69, 9.17) is 0 Å². The smallest absolute Gasteiger partial charge is 0.271 e. The molecule has 1 aliphatic heterocycles. The minimum Gasteiger partial charge on any atom is -0.271 e. The van der Waals surface area contributed by atoms with Gasteiger partial charge in [0, 0.05) is 12.5 Å². The molecular formula is C17H13F2N3O. The summed E-state index contributed by atoms with van der Waals surface area (Å²) in [4.78, 5) is 12.7. The summed E-state index contributed by atoms with van der Waals surface area (Å²) in [6.07, 6.45) is 1.20. The summed E-state index contributed by atoms with van der Waals surface area (Å²) in [5.74, 6) is -0.651. The quantitative estimate of drug-likeness (QED) is 0.730. The van der Waals surface area contributed by atoms with E-state index in [-0.39, 0.29) is 11.7 Å². The highest BCUT2D eigenvalue weighted by Gasteiger charge is 2.29. The predicted octanol–water partition coefficient (Wildman–Crippen LogP) is 2.85. The SMILES string of the molecule is O=c1n(-c2ccccc2)nc2n1[C@H](c1cc(F)cc(F)c1)CC2. The van der Waals surface area contributed by atoms with Crippen LogP contribution in [-0.2, 0) is 6.42 Å². The highest BCUT2D eigenvalue weighted by Crippen LogP contribution is 2.30. The van der Waals surface area contributed by atoms with E-state index in [2.05, 4.69) is 5.10 Å². The molecule has 4 nitrogen and oxygen atoms in total. The molecule has 6 heteroatoms. The molecule has 0 amide bonds. The molecule has 116 valence electrons. The molecule has 0 fully saturated rings. The molecule has 0 saturated carbocycles. The summed E-state index contributed by atoms with van der Waals surface area (Å²) >= 11 is 0. The standard InChI is InChI=1S/C17H13F2N3O/c18-12-8-11(9-13(19)10-12)15-6-7-16-20-22(17(23)21(15)16)14-4-2-1-3-5-14/h1-5,8-10,15H,6-7H2/t15-/m0/s1. The molecule has 0 radical (unpaired) electrons. The fourth-order valence-electron chi connectivity index (χ4n) is 3.12. The van der Waals surface area contributed by atoms with Crippen LogP contribution in [0.3, 0.4) is 0 Å². The Bertz CT molecular complexity index is 911. The summed E-state index contributed by atoms with van der Waals surface area (Å²) in [5.41, 5.74) is 0.831. The van der Waals surface area contributed by atoms with E-state index in [1.807, 2.05) is 18.2 Å². The average molecular weight is 313 g/mol. The van der Waals surface area contributed by atoms with E-state index in [1.165, 1.54) is 21.4 Å². The van der Waals surface area contributed by atoms with E-state index < -0.39 is 11.6 Å². The van der Waals surface area contributed by atoms with Gasteiger partial charge < -0.3 is 0 Å². The second kappa shape index (κ2) is 5.15. The first-order chi connectivity index (χ1) is 11.1. The molecule has 0 saturated heterocycles. The Morgan fingerprint density at radius 2 is 1.74 bits per heavy atom. The number of para-hydroxylation sites is 1. The number of halogens is 2. The van der Waals surface area contributed by atoms with Crippen LogP contribution in [0.25, 0.3) is 5.69 Å². The van der Waals surface area contributed by atoms with Crippen LogP contribution in [-0.4, -0.2) is 14.3 Å². The van der Waals surface area contributed by atoms with Gasteiger partial charge in [0.05, 0.1) is 11.7 Å². The number of nitrogens with zero attached hydrogens (tertiary/aromatic N) is 3. The van der Waals surface area contributed by atoms with Crippen LogP contribution >= 0.6 is 0 Å². The molecular weight excluding hydrogens is 300 g/mol. The number of benzene rings is 2. The first-order valence-corrected chi connectivity index (χ1v) is 7.35. The van der Waals surface area contributed by atoms with Gasteiger partial charge in [-0.25, -0.2) is 13.6 Å². The third kappa shape index (κ3) is 2.27. The fourth-order valence-corrected chi connectivity index (χ4v) is 3.12. The lowest BCUT2D eigenvalue weighted by Gasteiger charge is -2.12. The summed E-state index contributed by atoms with van der Waals surface area (Å²) in [5, 5.41) is 4.36. The van der Waals surface area contributed by atoms with Crippen molar-refractivity contribution in [2.24, 2.45) is 0 Å². The van der Waals surface area contributed by atoms with Crippen molar-refractivity contribution in [3.8, 4) is 5.69 Å². The summed E-state index contributed by atoms with van der Waals surface area (Å²) in [6, 6.07) is 12.1. The molecule has 0 bridgehead atoms. The van der Waals surface area contributed by atoms with Gasteiger partial charge in [0.1, 0.15) is 17.5 Å². The maximum atomic E-state index is 13.5. The molecule has 23 heavy (non-hydrogen) atoms. The Balaban J connectivity index is 1.83. The number of hydrogen-bond donors (Lipinski definition) is 0. The molecule has 1 aliphatic rings. The Kier molecular flexibility index (Phi) is 3.11. The highest BCUT2D eigenvalue weighted by molar-refractivity contribution is 5.31. The lowest BCUT2D eigenvalue weighted by atomic mass is 10.0. The molecule has 0 spiro atoms. The van der Waals surface area contributed by atoms with E-state index in [0.717, 1.165) is 6.07 Å². The van der Waals surface area contributed by atoms with Crippen molar-refractivity contribution in [2.45, 2.75) is 18.9 Å². The molecule has 0 aliphatic carbocycles. The van der Waals surface area contributed by atoms with Crippen LogP contribution in [0, 0.1) is 11.6 Å². The number of rotatable bonds is 2. The zero-order chi connectivity index (χ0) is 16.0. The molecule has 0 unspecified atom stereocenters. The van der Waals surface area contributed by atoms with Crippen molar-refractivity contribution in [3.05, 3.63) is 82.0 Å². The van der Waals surface area contributed by atoms with Gasteiger partial charge in [0.15, 0.2) is 0 Å². The predicted molar refractivity (Wildman–Crippen MR) is 80.6 cm³/mol. The van der Waals surface area contributed by atoms with Crippen molar-refractivity contribution in [1.82, 2.24) is 14.3 Å². The third-order valence-electron chi connectivity index (χ3n) is 4.10. The van der Waals surface area contributed by atoms with Crippen LogP contribution in [0.2, 0.25) is 0 Å². The summed E-state index contributed by atoms with van der Waals surface area (Å²) in [6.45, 7) is 0. The Labute approximate surface area is 130 Å². The lowest BCUT2D eigenvalue weighted by Crippen LogP contribution is -2.26. The van der Waals surface area contributed by atoms with Crippen molar-refractivity contribution in [1.29, 1.82) is 0 Å². The van der Waals surface area contributed by atoms with Crippen molar-refractivity contribution < 1.29 is 8.78 Å². The molecule has 2 heterocycles. The number of aromatic nitrogens is 3. The van der Waals surface area contributed by atoms with E-state index in [9.17, 15) is 13.6 Å². The van der Waals surface area contributed by atoms with Crippen LogP contribution in [0.1, 0.15) is 23.9 Å².